The second-order valence-corrected chi connectivity index (χ2v) is 3.53. The average Bonchev–Trinajstić information content (AvgIpc) is 2.55. The molecule has 16 heavy (non-hydrogen) atoms. The Hall–Kier alpha value is -2.04. The van der Waals surface area contributed by atoms with Gasteiger partial charge in [-0.3, -0.25) is 5.01 Å². The van der Waals surface area contributed by atoms with Crippen molar-refractivity contribution in [3.05, 3.63) is 30.3 Å². The number of hydrogen-bond donors (Lipinski definition) is 1. The van der Waals surface area contributed by atoms with Crippen LogP contribution in [0.25, 0.3) is 0 Å². The smallest absolute Gasteiger partial charge is 0.235 e. The lowest BCUT2D eigenvalue weighted by Crippen LogP contribution is -2.36. The molecule has 84 valence electrons. The molecule has 0 bridgehead atoms. The summed E-state index contributed by atoms with van der Waals surface area (Å²) in [4.78, 5) is 0. The van der Waals surface area contributed by atoms with Gasteiger partial charge in [-0.25, -0.2) is 0 Å². The molecule has 0 unspecified atom stereocenters. The van der Waals surface area contributed by atoms with Crippen LogP contribution < -0.4 is 4.74 Å². The number of oxime groups is 1. The molecule has 0 amide bonds. The van der Waals surface area contributed by atoms with E-state index >= 15 is 0 Å². The predicted octanol–water partition coefficient (Wildman–Crippen LogP) is 1.54. The minimum atomic E-state index is -0.465. The molecule has 0 saturated heterocycles. The molecule has 1 N–H and O–H groups in total. The first-order chi connectivity index (χ1) is 7.72. The third-order valence-corrected chi connectivity index (χ3v) is 2.35. The van der Waals surface area contributed by atoms with Crippen molar-refractivity contribution in [1.29, 1.82) is 0 Å². The van der Waals surface area contributed by atoms with Crippen molar-refractivity contribution in [1.82, 2.24) is 5.01 Å². The monoisotopic (exact) mass is 219 g/mol. The van der Waals surface area contributed by atoms with Crippen LogP contribution in [-0.2, 0) is 0 Å². The quantitative estimate of drug-likeness (QED) is 0.606. The number of rotatable bonds is 2. The number of para-hydroxylation sites is 1. The van der Waals surface area contributed by atoms with Crippen LogP contribution in [0.5, 0.6) is 5.75 Å². The molecule has 1 atom stereocenters. The lowest BCUT2D eigenvalue weighted by Gasteiger charge is -2.20. The number of hydrogen-bond acceptors (Lipinski definition) is 5. The largest absolute Gasteiger partial charge is 0.463 e. The highest BCUT2D eigenvalue weighted by Gasteiger charge is 2.31. The van der Waals surface area contributed by atoms with Crippen LogP contribution in [0.1, 0.15) is 6.92 Å². The van der Waals surface area contributed by atoms with Crippen LogP contribution in [-0.4, -0.2) is 34.9 Å². The maximum absolute atomic E-state index is 8.90. The van der Waals surface area contributed by atoms with Crippen LogP contribution in [0.4, 0.5) is 0 Å². The summed E-state index contributed by atoms with van der Waals surface area (Å²) in [5.41, 5.74) is 1.09. The standard InChI is InChI=1S/C11H13N3O2/c1-8-10(13-15)11(14(2)12-8)16-9-6-4-3-5-7-9/h3-7,11,15H,1-2H3/t11-/m0/s1. The van der Waals surface area contributed by atoms with Gasteiger partial charge in [0.15, 0.2) is 5.71 Å². The Morgan fingerprint density at radius 2 is 2.06 bits per heavy atom. The van der Waals surface area contributed by atoms with Gasteiger partial charge in [-0.15, -0.1) is 0 Å². The summed E-state index contributed by atoms with van der Waals surface area (Å²) in [7, 11) is 1.77. The lowest BCUT2D eigenvalue weighted by molar-refractivity contribution is 0.111. The second-order valence-electron chi connectivity index (χ2n) is 3.53. The number of nitrogens with zero attached hydrogens (tertiary/aromatic N) is 3. The highest BCUT2D eigenvalue weighted by Crippen LogP contribution is 2.17. The summed E-state index contributed by atoms with van der Waals surface area (Å²) in [6, 6.07) is 9.36. The molecule has 2 rings (SSSR count). The van der Waals surface area contributed by atoms with Crippen LogP contribution in [0.2, 0.25) is 0 Å². The summed E-state index contributed by atoms with van der Waals surface area (Å²) in [5.74, 6) is 0.713. The summed E-state index contributed by atoms with van der Waals surface area (Å²) < 4.78 is 5.68. The van der Waals surface area contributed by atoms with Gasteiger partial charge in [0.1, 0.15) is 5.75 Å². The number of ether oxygens (including phenoxy) is 1. The lowest BCUT2D eigenvalue weighted by atomic mass is 10.2. The van der Waals surface area contributed by atoms with E-state index in [0.717, 1.165) is 0 Å². The van der Waals surface area contributed by atoms with Crippen molar-refractivity contribution in [2.45, 2.75) is 13.2 Å². The maximum Gasteiger partial charge on any atom is 0.235 e. The molecule has 0 aromatic heterocycles. The Kier molecular flexibility index (Phi) is 2.76. The zero-order chi connectivity index (χ0) is 11.5. The fourth-order valence-corrected chi connectivity index (χ4v) is 1.58. The fraction of sp³-hybridized carbons (Fsp3) is 0.273. The Balaban J connectivity index is 2.17. The normalized spacial score (nSPS) is 22.4. The molecule has 1 aromatic rings. The van der Waals surface area contributed by atoms with Gasteiger partial charge >= 0.3 is 0 Å². The molecule has 1 aliphatic heterocycles. The van der Waals surface area contributed by atoms with Gasteiger partial charge in [0.25, 0.3) is 0 Å². The van der Waals surface area contributed by atoms with Crippen molar-refractivity contribution < 1.29 is 9.94 Å². The van der Waals surface area contributed by atoms with Crippen molar-refractivity contribution in [2.75, 3.05) is 7.05 Å². The van der Waals surface area contributed by atoms with Gasteiger partial charge in [-0.2, -0.15) is 5.10 Å². The zero-order valence-corrected chi connectivity index (χ0v) is 9.16. The highest BCUT2D eigenvalue weighted by atomic mass is 16.5. The fourth-order valence-electron chi connectivity index (χ4n) is 1.58. The second kappa shape index (κ2) is 4.22. The SMILES string of the molecule is CC1=NN(C)[C@@H](Oc2ccccc2)C1=NO. The van der Waals surface area contributed by atoms with Crippen LogP contribution in [0.15, 0.2) is 40.6 Å². The van der Waals surface area contributed by atoms with Crippen molar-refractivity contribution in [3.63, 3.8) is 0 Å². The van der Waals surface area contributed by atoms with E-state index in [1.54, 1.807) is 19.0 Å². The molecule has 0 radical (unpaired) electrons. The average molecular weight is 219 g/mol. The van der Waals surface area contributed by atoms with E-state index in [2.05, 4.69) is 10.3 Å². The van der Waals surface area contributed by atoms with Crippen molar-refractivity contribution in [2.24, 2.45) is 10.3 Å². The molecule has 0 fully saturated rings. The molecule has 0 saturated carbocycles. The van der Waals surface area contributed by atoms with E-state index in [0.29, 0.717) is 17.2 Å². The van der Waals surface area contributed by atoms with E-state index < -0.39 is 6.23 Å². The van der Waals surface area contributed by atoms with E-state index in [1.165, 1.54) is 0 Å². The highest BCUT2D eigenvalue weighted by molar-refractivity contribution is 6.44. The molecule has 5 heteroatoms. The molecule has 5 nitrogen and oxygen atoms in total. The van der Waals surface area contributed by atoms with E-state index in [9.17, 15) is 0 Å². The Bertz CT molecular complexity index is 428. The number of benzene rings is 1. The molecule has 1 aromatic carbocycles. The minimum Gasteiger partial charge on any atom is -0.463 e. The Morgan fingerprint density at radius 1 is 1.38 bits per heavy atom. The van der Waals surface area contributed by atoms with Gasteiger partial charge in [0, 0.05) is 7.05 Å². The summed E-state index contributed by atoms with van der Waals surface area (Å²) in [5, 5.41) is 17.9. The third kappa shape index (κ3) is 1.84. The van der Waals surface area contributed by atoms with E-state index in [-0.39, 0.29) is 0 Å². The maximum atomic E-state index is 8.90. The van der Waals surface area contributed by atoms with Crippen LogP contribution in [0.3, 0.4) is 0 Å². The molecule has 1 aliphatic rings. The van der Waals surface area contributed by atoms with Gasteiger partial charge in [0.05, 0.1) is 5.71 Å². The van der Waals surface area contributed by atoms with Gasteiger partial charge < -0.3 is 9.94 Å². The summed E-state index contributed by atoms with van der Waals surface area (Å²) in [6.45, 7) is 1.78. The Labute approximate surface area is 93.6 Å². The molecule has 1 heterocycles. The minimum absolute atomic E-state index is 0.436. The van der Waals surface area contributed by atoms with E-state index in [4.69, 9.17) is 9.94 Å². The van der Waals surface area contributed by atoms with Gasteiger partial charge in [0.2, 0.25) is 6.23 Å². The van der Waals surface area contributed by atoms with Crippen LogP contribution >= 0.6 is 0 Å². The summed E-state index contributed by atoms with van der Waals surface area (Å²) >= 11 is 0. The molecular weight excluding hydrogens is 206 g/mol. The Morgan fingerprint density at radius 3 is 2.69 bits per heavy atom. The van der Waals surface area contributed by atoms with Crippen molar-refractivity contribution in [3.8, 4) is 5.75 Å². The predicted molar refractivity (Wildman–Crippen MR) is 61.0 cm³/mol. The molecule has 0 spiro atoms. The molecule has 0 aliphatic carbocycles. The van der Waals surface area contributed by atoms with Crippen molar-refractivity contribution >= 4 is 11.4 Å². The first-order valence-electron chi connectivity index (χ1n) is 4.94. The van der Waals surface area contributed by atoms with Crippen LogP contribution in [0, 0.1) is 0 Å². The third-order valence-electron chi connectivity index (χ3n) is 2.35. The zero-order valence-electron chi connectivity index (χ0n) is 9.16. The van der Waals surface area contributed by atoms with Gasteiger partial charge in [-0.05, 0) is 19.1 Å². The number of hydrazone groups is 1. The topological polar surface area (TPSA) is 57.4 Å². The first kappa shape index (κ1) is 10.5. The first-order valence-corrected chi connectivity index (χ1v) is 4.94. The molecular formula is C11H13N3O2. The van der Waals surface area contributed by atoms with E-state index in [1.807, 2.05) is 30.3 Å². The summed E-state index contributed by atoms with van der Waals surface area (Å²) in [6.07, 6.45) is -0.465. The van der Waals surface area contributed by atoms with Gasteiger partial charge in [-0.1, -0.05) is 23.4 Å².